The number of benzene rings is 1. The predicted molar refractivity (Wildman–Crippen MR) is 86.1 cm³/mol. The molecule has 0 spiro atoms. The molecule has 2 aromatic rings. The molecule has 0 bridgehead atoms. The average Bonchev–Trinajstić information content (AvgIpc) is 2.79. The van der Waals surface area contributed by atoms with E-state index in [4.69, 9.17) is 23.2 Å². The largest absolute Gasteiger partial charge is 0.336 e. The van der Waals surface area contributed by atoms with E-state index in [-0.39, 0.29) is 11.4 Å². The van der Waals surface area contributed by atoms with Gasteiger partial charge in [0.1, 0.15) is 5.82 Å². The third kappa shape index (κ3) is 3.41. The molecule has 0 aliphatic heterocycles. The van der Waals surface area contributed by atoms with Gasteiger partial charge in [-0.3, -0.25) is 0 Å². The molecule has 1 heterocycles. The maximum Gasteiger partial charge on any atom is 0.316 e. The highest BCUT2D eigenvalue weighted by molar-refractivity contribution is 6.35. The molecule has 21 heavy (non-hydrogen) atoms. The third-order valence-electron chi connectivity index (χ3n) is 3.12. The van der Waals surface area contributed by atoms with Gasteiger partial charge in [0.25, 0.3) is 0 Å². The molecule has 0 radical (unpaired) electrons. The fraction of sp³-hybridized carbons (Fsp3) is 0.429. The van der Waals surface area contributed by atoms with E-state index in [0.717, 1.165) is 16.9 Å². The molecule has 0 aliphatic carbocycles. The van der Waals surface area contributed by atoms with Gasteiger partial charge in [-0.05, 0) is 19.1 Å². The number of para-hydroxylation sites is 1. The maximum atomic E-state index is 11.6. The number of urea groups is 1. The number of halogens is 2. The molecule has 1 aromatic heterocycles. The average molecular weight is 329 g/mol. The lowest BCUT2D eigenvalue weighted by Gasteiger charge is -2.14. The zero-order chi connectivity index (χ0) is 15.6. The second-order valence-corrected chi connectivity index (χ2v) is 6.03. The van der Waals surface area contributed by atoms with Crippen LogP contribution < -0.4 is 5.32 Å². The molecule has 0 aliphatic rings. The number of carbonyl (C=O) groups is 1. The van der Waals surface area contributed by atoms with Crippen LogP contribution in [0.15, 0.2) is 18.2 Å². The Labute approximate surface area is 133 Å². The molecule has 7 heteroatoms. The molecule has 114 valence electrons. The van der Waals surface area contributed by atoms with Crippen LogP contribution in [0.3, 0.4) is 0 Å². The topological polar surface area (TPSA) is 50.2 Å². The number of hydrogen-bond acceptors (Lipinski definition) is 2. The van der Waals surface area contributed by atoms with Gasteiger partial charge < -0.3 is 14.8 Å². The van der Waals surface area contributed by atoms with Crippen molar-refractivity contribution in [2.45, 2.75) is 18.8 Å². The summed E-state index contributed by atoms with van der Waals surface area (Å²) in [5.41, 5.74) is 1.66. The van der Waals surface area contributed by atoms with Crippen LogP contribution in [-0.2, 0) is 6.54 Å². The fourth-order valence-corrected chi connectivity index (χ4v) is 2.56. The minimum atomic E-state index is -0.238. The summed E-state index contributed by atoms with van der Waals surface area (Å²) in [5, 5.41) is 3.21. The van der Waals surface area contributed by atoms with Crippen LogP contribution >= 0.6 is 23.2 Å². The minimum Gasteiger partial charge on any atom is -0.336 e. The van der Waals surface area contributed by atoms with Crippen LogP contribution in [0.25, 0.3) is 11.0 Å². The summed E-state index contributed by atoms with van der Waals surface area (Å²) in [4.78, 5) is 17.6. The van der Waals surface area contributed by atoms with Gasteiger partial charge in [0.2, 0.25) is 0 Å². The number of alkyl halides is 1. The molecule has 0 saturated carbocycles. The highest BCUT2D eigenvalue weighted by atomic mass is 35.5. The van der Waals surface area contributed by atoms with Crippen LogP contribution in [0.1, 0.15) is 18.1 Å². The lowest BCUT2D eigenvalue weighted by atomic mass is 10.3. The zero-order valence-electron chi connectivity index (χ0n) is 12.2. The minimum absolute atomic E-state index is 0.133. The number of fused-ring (bicyclic) bond motifs is 1. The van der Waals surface area contributed by atoms with Gasteiger partial charge in [-0.25, -0.2) is 9.78 Å². The normalized spacial score (nSPS) is 12.4. The first-order valence-electron chi connectivity index (χ1n) is 6.65. The summed E-state index contributed by atoms with van der Waals surface area (Å²) in [6, 6.07) is 5.45. The predicted octanol–water partition coefficient (Wildman–Crippen LogP) is 3.26. The molecule has 2 amide bonds. The Kier molecular flexibility index (Phi) is 4.96. The molecular formula is C14H18Cl2N4O. The van der Waals surface area contributed by atoms with E-state index in [1.807, 2.05) is 29.7 Å². The Balaban J connectivity index is 2.28. The second-order valence-electron chi connectivity index (χ2n) is 4.97. The Hall–Kier alpha value is -1.46. The van der Waals surface area contributed by atoms with E-state index in [9.17, 15) is 4.79 Å². The molecule has 1 atom stereocenters. The van der Waals surface area contributed by atoms with Crippen LogP contribution in [0.5, 0.6) is 0 Å². The van der Waals surface area contributed by atoms with E-state index < -0.39 is 0 Å². The third-order valence-corrected chi connectivity index (χ3v) is 3.62. The first-order chi connectivity index (χ1) is 9.91. The summed E-state index contributed by atoms with van der Waals surface area (Å²) in [5.74, 6) is 0.749. The van der Waals surface area contributed by atoms with Gasteiger partial charge >= 0.3 is 6.03 Å². The van der Waals surface area contributed by atoms with E-state index in [0.29, 0.717) is 18.1 Å². The SMILES string of the molecule is CC(Cl)c1nc2cccc(Cl)c2n1CCNC(=O)N(C)C. The number of amides is 2. The number of nitrogens with one attached hydrogen (secondary N) is 1. The number of hydrogen-bond donors (Lipinski definition) is 1. The van der Waals surface area contributed by atoms with Crippen molar-refractivity contribution in [2.75, 3.05) is 20.6 Å². The number of carbonyl (C=O) groups excluding carboxylic acids is 1. The summed E-state index contributed by atoms with van der Waals surface area (Å²) in [7, 11) is 3.40. The van der Waals surface area contributed by atoms with Crippen molar-refractivity contribution in [3.05, 3.63) is 29.0 Å². The molecule has 5 nitrogen and oxygen atoms in total. The monoisotopic (exact) mass is 328 g/mol. The van der Waals surface area contributed by atoms with E-state index in [1.54, 1.807) is 14.1 Å². The first kappa shape index (κ1) is 15.9. The van der Waals surface area contributed by atoms with Gasteiger partial charge in [0, 0.05) is 27.2 Å². The second kappa shape index (κ2) is 6.54. The van der Waals surface area contributed by atoms with Crippen molar-refractivity contribution in [1.29, 1.82) is 0 Å². The zero-order valence-corrected chi connectivity index (χ0v) is 13.7. The van der Waals surface area contributed by atoms with Gasteiger partial charge in [0.05, 0.1) is 21.4 Å². The number of nitrogens with zero attached hydrogens (tertiary/aromatic N) is 3. The Morgan fingerprint density at radius 2 is 2.19 bits per heavy atom. The molecule has 1 N–H and O–H groups in total. The molecular weight excluding hydrogens is 311 g/mol. The Morgan fingerprint density at radius 1 is 1.48 bits per heavy atom. The van der Waals surface area contributed by atoms with E-state index >= 15 is 0 Å². The standard InChI is InChI=1S/C14H18Cl2N4O/c1-9(15)13-18-11-6-4-5-10(16)12(11)20(13)8-7-17-14(21)19(2)3/h4-6,9H,7-8H2,1-3H3,(H,17,21). The van der Waals surface area contributed by atoms with E-state index in [2.05, 4.69) is 10.3 Å². The van der Waals surface area contributed by atoms with Crippen molar-refractivity contribution in [2.24, 2.45) is 0 Å². The van der Waals surface area contributed by atoms with Gasteiger partial charge in [-0.2, -0.15) is 0 Å². The molecule has 0 fully saturated rings. The van der Waals surface area contributed by atoms with Gasteiger partial charge in [-0.15, -0.1) is 11.6 Å². The van der Waals surface area contributed by atoms with Gasteiger partial charge in [0.15, 0.2) is 0 Å². The van der Waals surface area contributed by atoms with Crippen molar-refractivity contribution in [3.8, 4) is 0 Å². The molecule has 0 saturated heterocycles. The van der Waals surface area contributed by atoms with E-state index in [1.165, 1.54) is 4.90 Å². The van der Waals surface area contributed by atoms with Crippen molar-refractivity contribution >= 4 is 40.3 Å². The van der Waals surface area contributed by atoms with Crippen LogP contribution in [-0.4, -0.2) is 41.1 Å². The Morgan fingerprint density at radius 3 is 2.81 bits per heavy atom. The lowest BCUT2D eigenvalue weighted by molar-refractivity contribution is 0.217. The number of rotatable bonds is 4. The number of imidazole rings is 1. The van der Waals surface area contributed by atoms with Crippen LogP contribution in [0.4, 0.5) is 4.79 Å². The number of aromatic nitrogens is 2. The molecule has 1 unspecified atom stereocenters. The summed E-state index contributed by atoms with van der Waals surface area (Å²) in [6.07, 6.45) is 0. The summed E-state index contributed by atoms with van der Waals surface area (Å²) < 4.78 is 1.96. The highest BCUT2D eigenvalue weighted by Crippen LogP contribution is 2.28. The summed E-state index contributed by atoms with van der Waals surface area (Å²) in [6.45, 7) is 2.90. The van der Waals surface area contributed by atoms with Crippen molar-refractivity contribution < 1.29 is 4.79 Å². The molecule has 1 aromatic carbocycles. The fourth-order valence-electron chi connectivity index (χ4n) is 2.12. The quantitative estimate of drug-likeness (QED) is 0.876. The van der Waals surface area contributed by atoms with Gasteiger partial charge in [-0.1, -0.05) is 17.7 Å². The first-order valence-corrected chi connectivity index (χ1v) is 7.47. The highest BCUT2D eigenvalue weighted by Gasteiger charge is 2.16. The smallest absolute Gasteiger partial charge is 0.316 e. The van der Waals surface area contributed by atoms with Crippen molar-refractivity contribution in [1.82, 2.24) is 19.8 Å². The van der Waals surface area contributed by atoms with Crippen LogP contribution in [0, 0.1) is 0 Å². The lowest BCUT2D eigenvalue weighted by Crippen LogP contribution is -2.36. The maximum absolute atomic E-state index is 11.6. The summed E-state index contributed by atoms with van der Waals surface area (Å²) >= 11 is 12.5. The Bertz CT molecular complexity index is 652. The van der Waals surface area contributed by atoms with Crippen LogP contribution in [0.2, 0.25) is 5.02 Å². The van der Waals surface area contributed by atoms with Crippen molar-refractivity contribution in [3.63, 3.8) is 0 Å². The molecule has 2 rings (SSSR count).